The van der Waals surface area contributed by atoms with E-state index in [0.717, 1.165) is 21.7 Å². The highest BCUT2D eigenvalue weighted by molar-refractivity contribution is 7.80. The Morgan fingerprint density at radius 2 is 1.30 bits per heavy atom. The SMILES string of the molecule is CC(=O)N[C@@H](CS)C(=O)NCC(=O)N[C@@H](Cc1ccc2ccccc2c1)C(=O)N[C@@H](CCCN=C(N)N)C(=O)N[C@@H](Cc1c[nH]c2ccccc12)C(=O)N[C@@H](CS)C(N)=O. The van der Waals surface area contributed by atoms with Gasteiger partial charge in [0.2, 0.25) is 41.4 Å². The van der Waals surface area contributed by atoms with Crippen molar-refractivity contribution in [3.8, 4) is 0 Å². The van der Waals surface area contributed by atoms with Gasteiger partial charge < -0.3 is 54.1 Å². The van der Waals surface area contributed by atoms with Crippen LogP contribution in [0, 0.1) is 0 Å². The molecule has 20 heteroatoms. The Balaban J connectivity index is 1.62. The number of carbonyl (C=O) groups excluding carboxylic acids is 7. The standard InChI is InChI=1S/C40H51N11O7S2/c1-22(52)47-33(21-60)36(55)46-19-34(53)48-30(16-23-12-13-24-7-2-3-8-25(24)15-23)38(57)49-29(11-6-14-44-40(42)43)37(56)50-31(39(58)51-32(20-59)35(41)54)17-26-18-45-28-10-5-4-9-27(26)28/h2-5,7-10,12-13,15,18,29-33,45,59-60H,6,11,14,16-17,19-21H2,1H3,(H2,41,54)(H,46,55)(H,47,52)(H,48,53)(H,49,57)(H,50,56)(H,51,58)(H4,42,43,44)/t29-,30-,31-,32-,33-/m0/s1. The number of H-pyrrole nitrogens is 1. The van der Waals surface area contributed by atoms with Crippen molar-refractivity contribution in [1.29, 1.82) is 0 Å². The van der Waals surface area contributed by atoms with E-state index in [1.807, 2.05) is 60.7 Å². The fourth-order valence-electron chi connectivity index (χ4n) is 6.31. The van der Waals surface area contributed by atoms with Gasteiger partial charge in [-0.3, -0.25) is 38.6 Å². The maximum absolute atomic E-state index is 14.2. The fourth-order valence-corrected chi connectivity index (χ4v) is 6.84. The molecule has 5 atom stereocenters. The highest BCUT2D eigenvalue weighted by Crippen LogP contribution is 2.20. The Bertz CT molecular complexity index is 2210. The second kappa shape index (κ2) is 22.8. The quantitative estimate of drug-likeness (QED) is 0.0201. The maximum Gasteiger partial charge on any atom is 0.243 e. The highest BCUT2D eigenvalue weighted by Gasteiger charge is 2.32. The second-order valence-corrected chi connectivity index (χ2v) is 14.7. The van der Waals surface area contributed by atoms with E-state index in [9.17, 15) is 33.6 Å². The lowest BCUT2D eigenvalue weighted by Gasteiger charge is -2.26. The second-order valence-electron chi connectivity index (χ2n) is 13.9. The van der Waals surface area contributed by atoms with Crippen LogP contribution in [0.15, 0.2) is 77.9 Å². The zero-order valence-electron chi connectivity index (χ0n) is 32.9. The molecule has 7 amide bonds. The van der Waals surface area contributed by atoms with Crippen molar-refractivity contribution >= 4 is 94.2 Å². The van der Waals surface area contributed by atoms with Gasteiger partial charge in [0, 0.05) is 54.9 Å². The summed E-state index contributed by atoms with van der Waals surface area (Å²) in [6.07, 6.45) is 1.88. The first-order chi connectivity index (χ1) is 28.7. The van der Waals surface area contributed by atoms with E-state index >= 15 is 0 Å². The smallest absolute Gasteiger partial charge is 0.243 e. The lowest BCUT2D eigenvalue weighted by Crippen LogP contribution is -2.59. The Labute approximate surface area is 357 Å². The number of amides is 7. The number of nitrogens with two attached hydrogens (primary N) is 3. The molecule has 0 spiro atoms. The van der Waals surface area contributed by atoms with E-state index in [1.54, 1.807) is 12.3 Å². The number of hydrogen-bond acceptors (Lipinski definition) is 10. The lowest BCUT2D eigenvalue weighted by atomic mass is 10.00. The molecule has 0 aliphatic rings. The molecule has 1 aromatic heterocycles. The normalized spacial score (nSPS) is 13.4. The van der Waals surface area contributed by atoms with Crippen LogP contribution in [0.1, 0.15) is 30.9 Å². The molecule has 3 aromatic carbocycles. The summed E-state index contributed by atoms with van der Waals surface area (Å²) in [6.45, 7) is 0.796. The Morgan fingerprint density at radius 1 is 0.683 bits per heavy atom. The summed E-state index contributed by atoms with van der Waals surface area (Å²) in [5.41, 5.74) is 18.7. The van der Waals surface area contributed by atoms with Crippen LogP contribution >= 0.6 is 25.3 Å². The number of benzene rings is 3. The number of aromatic amines is 1. The number of nitrogens with zero attached hydrogens (tertiary/aromatic N) is 1. The van der Waals surface area contributed by atoms with Crippen LogP contribution in [0.25, 0.3) is 21.7 Å². The number of nitrogens with one attached hydrogen (secondary N) is 7. The summed E-state index contributed by atoms with van der Waals surface area (Å²) in [5.74, 6) is -5.22. The molecule has 0 aliphatic carbocycles. The number of aromatic nitrogens is 1. The van der Waals surface area contributed by atoms with E-state index in [2.05, 4.69) is 67.1 Å². The van der Waals surface area contributed by atoms with Crippen LogP contribution in [0.2, 0.25) is 0 Å². The number of hydrogen-bond donors (Lipinski definition) is 12. The molecule has 0 unspecified atom stereocenters. The van der Waals surface area contributed by atoms with Gasteiger partial charge in [-0.05, 0) is 40.8 Å². The third-order valence-corrected chi connectivity index (χ3v) is 10.1. The van der Waals surface area contributed by atoms with Crippen LogP contribution in [0.3, 0.4) is 0 Å². The van der Waals surface area contributed by atoms with Crippen molar-refractivity contribution in [1.82, 2.24) is 36.9 Å². The largest absolute Gasteiger partial charge is 0.370 e. The summed E-state index contributed by atoms with van der Waals surface area (Å²) >= 11 is 8.22. The predicted octanol–water partition coefficient (Wildman–Crippen LogP) is -0.935. The molecule has 0 aliphatic heterocycles. The van der Waals surface area contributed by atoms with E-state index in [4.69, 9.17) is 17.2 Å². The number of primary amides is 1. The van der Waals surface area contributed by atoms with Gasteiger partial charge in [0.05, 0.1) is 6.54 Å². The van der Waals surface area contributed by atoms with Gasteiger partial charge in [0.25, 0.3) is 0 Å². The predicted molar refractivity (Wildman–Crippen MR) is 235 cm³/mol. The lowest BCUT2D eigenvalue weighted by molar-refractivity contribution is -0.134. The van der Waals surface area contributed by atoms with Crippen molar-refractivity contribution < 1.29 is 33.6 Å². The topological polar surface area (TPSA) is 298 Å². The molecule has 0 radical (unpaired) electrons. The molecule has 1 heterocycles. The first kappa shape index (κ1) is 46.4. The Morgan fingerprint density at radius 3 is 1.97 bits per heavy atom. The van der Waals surface area contributed by atoms with Gasteiger partial charge in [0.1, 0.15) is 30.2 Å². The summed E-state index contributed by atoms with van der Waals surface area (Å²) in [6, 6.07) is 14.5. The average molecular weight is 862 g/mol. The molecule has 0 saturated heterocycles. The van der Waals surface area contributed by atoms with E-state index in [-0.39, 0.29) is 49.7 Å². The molecule has 320 valence electrons. The number of thiol groups is 2. The number of fused-ring (bicyclic) bond motifs is 2. The van der Waals surface area contributed by atoms with Crippen LogP contribution in [-0.4, -0.2) is 107 Å². The summed E-state index contributed by atoms with van der Waals surface area (Å²) in [7, 11) is 0. The van der Waals surface area contributed by atoms with Gasteiger partial charge >= 0.3 is 0 Å². The van der Waals surface area contributed by atoms with Crippen molar-refractivity contribution in [2.45, 2.75) is 62.8 Å². The number of rotatable bonds is 22. The van der Waals surface area contributed by atoms with Gasteiger partial charge in [0.15, 0.2) is 5.96 Å². The van der Waals surface area contributed by atoms with E-state index in [1.165, 1.54) is 6.92 Å². The van der Waals surface area contributed by atoms with E-state index < -0.39 is 78.1 Å². The molecule has 0 saturated carbocycles. The fraction of sp³-hybridized carbons (Fsp3) is 0.350. The number of para-hydroxylation sites is 1. The van der Waals surface area contributed by atoms with Crippen LogP contribution in [-0.2, 0) is 46.4 Å². The number of aliphatic imine (C=N–C) groups is 1. The van der Waals surface area contributed by atoms with Crippen molar-refractivity contribution in [2.75, 3.05) is 24.6 Å². The van der Waals surface area contributed by atoms with Gasteiger partial charge in [-0.2, -0.15) is 25.3 Å². The van der Waals surface area contributed by atoms with Crippen LogP contribution in [0.5, 0.6) is 0 Å². The molecule has 18 nitrogen and oxygen atoms in total. The van der Waals surface area contributed by atoms with Crippen LogP contribution in [0.4, 0.5) is 0 Å². The van der Waals surface area contributed by atoms with Gasteiger partial charge in [-0.15, -0.1) is 0 Å². The molecule has 0 fully saturated rings. The third-order valence-electron chi connectivity index (χ3n) is 9.36. The van der Waals surface area contributed by atoms with Crippen molar-refractivity contribution in [2.24, 2.45) is 22.2 Å². The minimum absolute atomic E-state index is 0.00269. The number of carbonyl (C=O) groups is 7. The molecule has 4 aromatic rings. The monoisotopic (exact) mass is 861 g/mol. The first-order valence-electron chi connectivity index (χ1n) is 19.0. The maximum atomic E-state index is 14.2. The molecule has 60 heavy (non-hydrogen) atoms. The Hall–Kier alpha value is -6.28. The van der Waals surface area contributed by atoms with Gasteiger partial charge in [-0.25, -0.2) is 0 Å². The highest BCUT2D eigenvalue weighted by atomic mass is 32.1. The van der Waals surface area contributed by atoms with Crippen molar-refractivity contribution in [3.05, 3.63) is 84.1 Å². The molecular formula is C40H51N11O7S2. The zero-order chi connectivity index (χ0) is 43.8. The minimum Gasteiger partial charge on any atom is -0.370 e. The molecular weight excluding hydrogens is 811 g/mol. The molecule has 0 bridgehead atoms. The molecule has 4 rings (SSSR count). The third kappa shape index (κ3) is 13.9. The minimum atomic E-state index is -1.29. The average Bonchev–Trinajstić information content (AvgIpc) is 3.63. The number of guanidine groups is 1. The van der Waals surface area contributed by atoms with Crippen molar-refractivity contribution in [3.63, 3.8) is 0 Å². The Kier molecular flexibility index (Phi) is 17.6. The van der Waals surface area contributed by atoms with Gasteiger partial charge in [-0.1, -0.05) is 60.7 Å². The van der Waals surface area contributed by atoms with E-state index in [0.29, 0.717) is 11.1 Å². The molecule has 13 N–H and O–H groups in total. The van der Waals surface area contributed by atoms with Crippen LogP contribution < -0.4 is 49.1 Å². The zero-order valence-corrected chi connectivity index (χ0v) is 34.7. The summed E-state index contributed by atoms with van der Waals surface area (Å²) in [4.78, 5) is 98.9. The summed E-state index contributed by atoms with van der Waals surface area (Å²) in [5, 5.41) is 18.2. The first-order valence-corrected chi connectivity index (χ1v) is 20.3. The summed E-state index contributed by atoms with van der Waals surface area (Å²) < 4.78 is 0.